The van der Waals surface area contributed by atoms with Crippen LogP contribution in [0.4, 0.5) is 5.95 Å². The molecule has 30 heavy (non-hydrogen) atoms. The average molecular weight is 433 g/mol. The van der Waals surface area contributed by atoms with Crippen molar-refractivity contribution in [2.75, 3.05) is 31.9 Å². The quantitative estimate of drug-likeness (QED) is 0.472. The number of ether oxygens (including phenoxy) is 3. The van der Waals surface area contributed by atoms with E-state index in [2.05, 4.69) is 15.4 Å². The maximum Gasteiger partial charge on any atom is 0.338 e. The molecular formula is C19H23N5O5S. The third-order valence-corrected chi connectivity index (χ3v) is 5.11. The second kappa shape index (κ2) is 9.08. The van der Waals surface area contributed by atoms with Gasteiger partial charge in [-0.05, 0) is 30.4 Å². The zero-order chi connectivity index (χ0) is 21.8. The molecule has 1 aliphatic heterocycles. The van der Waals surface area contributed by atoms with Crippen LogP contribution in [0, 0.1) is 0 Å². The summed E-state index contributed by atoms with van der Waals surface area (Å²) in [5.74, 6) is 0.996. The minimum absolute atomic E-state index is 0.277. The van der Waals surface area contributed by atoms with E-state index >= 15 is 0 Å². The number of amides is 1. The Hall–Kier alpha value is -3.21. The highest BCUT2D eigenvalue weighted by Crippen LogP contribution is 2.39. The van der Waals surface area contributed by atoms with E-state index in [9.17, 15) is 9.59 Å². The number of anilines is 1. The largest absolute Gasteiger partial charge is 0.493 e. The van der Waals surface area contributed by atoms with Gasteiger partial charge in [0.1, 0.15) is 6.04 Å². The van der Waals surface area contributed by atoms with Crippen molar-refractivity contribution in [3.8, 4) is 11.5 Å². The van der Waals surface area contributed by atoms with Crippen molar-refractivity contribution < 1.29 is 23.8 Å². The van der Waals surface area contributed by atoms with Crippen LogP contribution in [0.3, 0.4) is 0 Å². The number of primary amides is 1. The van der Waals surface area contributed by atoms with Crippen molar-refractivity contribution in [1.29, 1.82) is 0 Å². The van der Waals surface area contributed by atoms with E-state index < -0.39 is 17.9 Å². The van der Waals surface area contributed by atoms with Crippen LogP contribution in [-0.4, -0.2) is 53.2 Å². The normalized spacial score (nSPS) is 15.3. The first-order chi connectivity index (χ1) is 14.4. The van der Waals surface area contributed by atoms with Gasteiger partial charge in [-0.15, -0.1) is 5.10 Å². The molecule has 0 spiro atoms. The standard InChI is InChI=1S/C19H23N5O5S/c1-5-30-19-22-18-21-10(2)15(17(26)28-4)16(24(18)23-19)11-6-7-12(13(8-11)27-3)29-9-14(20)25/h6-8,16H,5,9H2,1-4H3,(H2,20,25)(H,21,22,23)/t16-/m0/s1. The van der Waals surface area contributed by atoms with Gasteiger partial charge in [0, 0.05) is 5.70 Å². The molecule has 0 saturated carbocycles. The molecule has 1 aromatic carbocycles. The molecule has 0 aliphatic carbocycles. The highest BCUT2D eigenvalue weighted by molar-refractivity contribution is 7.99. The van der Waals surface area contributed by atoms with E-state index in [0.29, 0.717) is 39.4 Å². The lowest BCUT2D eigenvalue weighted by Gasteiger charge is -2.28. The highest BCUT2D eigenvalue weighted by Gasteiger charge is 2.35. The van der Waals surface area contributed by atoms with E-state index in [-0.39, 0.29) is 6.61 Å². The Morgan fingerprint density at radius 1 is 1.30 bits per heavy atom. The van der Waals surface area contributed by atoms with Gasteiger partial charge in [-0.2, -0.15) is 4.98 Å². The number of fused-ring (bicyclic) bond motifs is 1. The second-order valence-corrected chi connectivity index (χ2v) is 7.55. The number of esters is 1. The van der Waals surface area contributed by atoms with Crippen LogP contribution in [-0.2, 0) is 14.3 Å². The Kier molecular flexibility index (Phi) is 6.50. The molecule has 1 atom stereocenters. The fourth-order valence-corrected chi connectivity index (χ4v) is 3.68. The number of nitrogens with two attached hydrogens (primary N) is 1. The van der Waals surface area contributed by atoms with Gasteiger partial charge >= 0.3 is 5.97 Å². The first-order valence-electron chi connectivity index (χ1n) is 9.14. The van der Waals surface area contributed by atoms with Crippen molar-refractivity contribution in [1.82, 2.24) is 14.8 Å². The van der Waals surface area contributed by atoms with Crippen molar-refractivity contribution in [2.24, 2.45) is 5.73 Å². The van der Waals surface area contributed by atoms with Crippen LogP contribution in [0.25, 0.3) is 0 Å². The number of allylic oxidation sites excluding steroid dienone is 1. The van der Waals surface area contributed by atoms with Crippen LogP contribution >= 0.6 is 11.8 Å². The summed E-state index contributed by atoms with van der Waals surface area (Å²) in [5.41, 5.74) is 6.88. The van der Waals surface area contributed by atoms with Gasteiger partial charge in [0.15, 0.2) is 18.1 Å². The van der Waals surface area contributed by atoms with Crippen LogP contribution in [0.5, 0.6) is 11.5 Å². The number of benzene rings is 1. The smallest absolute Gasteiger partial charge is 0.338 e. The molecule has 2 heterocycles. The third kappa shape index (κ3) is 4.20. The van der Waals surface area contributed by atoms with Gasteiger partial charge in [-0.25, -0.2) is 9.48 Å². The Bertz CT molecular complexity index is 1000. The summed E-state index contributed by atoms with van der Waals surface area (Å²) in [5, 5.41) is 8.29. The highest BCUT2D eigenvalue weighted by atomic mass is 32.2. The topological polar surface area (TPSA) is 131 Å². The number of nitrogens with one attached hydrogen (secondary N) is 1. The van der Waals surface area contributed by atoms with Crippen LogP contribution in [0.15, 0.2) is 34.6 Å². The first-order valence-corrected chi connectivity index (χ1v) is 10.1. The summed E-state index contributed by atoms with van der Waals surface area (Å²) in [6.07, 6.45) is 0. The van der Waals surface area contributed by atoms with Gasteiger partial charge in [0.05, 0.1) is 19.8 Å². The predicted octanol–water partition coefficient (Wildman–Crippen LogP) is 1.72. The van der Waals surface area contributed by atoms with Crippen molar-refractivity contribution in [2.45, 2.75) is 25.0 Å². The number of aromatic nitrogens is 3. The number of thioether (sulfide) groups is 1. The Morgan fingerprint density at radius 3 is 2.70 bits per heavy atom. The predicted molar refractivity (Wildman–Crippen MR) is 111 cm³/mol. The average Bonchev–Trinajstić information content (AvgIpc) is 3.12. The molecule has 10 nitrogen and oxygen atoms in total. The summed E-state index contributed by atoms with van der Waals surface area (Å²) in [4.78, 5) is 28.2. The fourth-order valence-electron chi connectivity index (χ4n) is 3.13. The van der Waals surface area contributed by atoms with E-state index in [1.54, 1.807) is 29.8 Å². The molecule has 0 bridgehead atoms. The van der Waals surface area contributed by atoms with Gasteiger partial charge in [0.25, 0.3) is 5.91 Å². The number of hydrogen-bond acceptors (Lipinski definition) is 9. The Morgan fingerprint density at radius 2 is 2.07 bits per heavy atom. The summed E-state index contributed by atoms with van der Waals surface area (Å²) >= 11 is 1.50. The summed E-state index contributed by atoms with van der Waals surface area (Å²) < 4.78 is 17.5. The lowest BCUT2D eigenvalue weighted by Crippen LogP contribution is -2.29. The summed E-state index contributed by atoms with van der Waals surface area (Å²) in [7, 11) is 2.81. The summed E-state index contributed by atoms with van der Waals surface area (Å²) in [6, 6.07) is 4.55. The third-order valence-electron chi connectivity index (χ3n) is 4.39. The first kappa shape index (κ1) is 21.5. The Labute approximate surface area is 177 Å². The SMILES string of the molecule is CCSc1nc2n(n1)[C@@H](c1ccc(OCC(N)=O)c(OC)c1)C(C(=O)OC)=C(C)N2. The van der Waals surface area contributed by atoms with E-state index in [1.165, 1.54) is 26.0 Å². The van der Waals surface area contributed by atoms with Crippen LogP contribution in [0.2, 0.25) is 0 Å². The van der Waals surface area contributed by atoms with E-state index in [1.807, 2.05) is 6.92 Å². The molecule has 3 N–H and O–H groups in total. The molecule has 160 valence electrons. The lowest BCUT2D eigenvalue weighted by atomic mass is 9.95. The number of carbonyl (C=O) groups excluding carboxylic acids is 2. The molecule has 0 unspecified atom stereocenters. The second-order valence-electron chi connectivity index (χ2n) is 6.32. The molecule has 3 rings (SSSR count). The van der Waals surface area contributed by atoms with E-state index in [4.69, 9.17) is 19.9 Å². The molecule has 0 fully saturated rings. The minimum atomic E-state index is -0.598. The lowest BCUT2D eigenvalue weighted by molar-refractivity contribution is -0.136. The fraction of sp³-hybridized carbons (Fsp3) is 0.368. The van der Waals surface area contributed by atoms with Crippen molar-refractivity contribution >= 4 is 29.6 Å². The molecule has 0 radical (unpaired) electrons. The molecule has 11 heteroatoms. The van der Waals surface area contributed by atoms with Gasteiger partial charge in [-0.1, -0.05) is 24.8 Å². The molecular weight excluding hydrogens is 410 g/mol. The van der Waals surface area contributed by atoms with Gasteiger partial charge in [-0.3, -0.25) is 4.79 Å². The number of rotatable bonds is 8. The number of hydrogen-bond donors (Lipinski definition) is 2. The molecule has 0 saturated heterocycles. The zero-order valence-corrected chi connectivity index (χ0v) is 17.9. The molecule has 2 aromatic rings. The summed E-state index contributed by atoms with van der Waals surface area (Å²) in [6.45, 7) is 3.51. The van der Waals surface area contributed by atoms with E-state index in [0.717, 1.165) is 5.75 Å². The molecule has 1 aliphatic rings. The van der Waals surface area contributed by atoms with Crippen molar-refractivity contribution in [3.05, 3.63) is 35.0 Å². The number of methoxy groups -OCH3 is 2. The minimum Gasteiger partial charge on any atom is -0.493 e. The van der Waals surface area contributed by atoms with Crippen LogP contribution < -0.4 is 20.5 Å². The number of carbonyl (C=O) groups is 2. The van der Waals surface area contributed by atoms with Gasteiger partial charge < -0.3 is 25.3 Å². The zero-order valence-electron chi connectivity index (χ0n) is 17.1. The van der Waals surface area contributed by atoms with Crippen LogP contribution in [0.1, 0.15) is 25.5 Å². The monoisotopic (exact) mass is 433 g/mol. The van der Waals surface area contributed by atoms with Gasteiger partial charge in [0.2, 0.25) is 11.1 Å². The maximum absolute atomic E-state index is 12.6. The van der Waals surface area contributed by atoms with Crippen molar-refractivity contribution in [3.63, 3.8) is 0 Å². The maximum atomic E-state index is 12.6. The Balaban J connectivity index is 2.10. The number of nitrogens with zero attached hydrogens (tertiary/aromatic N) is 3. The molecule has 1 aromatic heterocycles. The molecule has 1 amide bonds.